The van der Waals surface area contributed by atoms with Crippen molar-refractivity contribution in [1.29, 1.82) is 0 Å². The number of hydrogen-bond acceptors (Lipinski definition) is 2. The first-order valence-electron chi connectivity index (χ1n) is 9.05. The Hall–Kier alpha value is -2.99. The zero-order chi connectivity index (χ0) is 21.0. The number of halogens is 2. The number of nitrogens with one attached hydrogen (secondary N) is 1. The Labute approximate surface area is 177 Å². The maximum Gasteiger partial charge on any atom is 0.255 e. The van der Waals surface area contributed by atoms with Gasteiger partial charge < -0.3 is 10.2 Å². The summed E-state index contributed by atoms with van der Waals surface area (Å²) in [4.78, 5) is 26.8. The van der Waals surface area contributed by atoms with Crippen LogP contribution < -0.4 is 5.32 Å². The average molecular weight is 455 g/mol. The Balaban J connectivity index is 1.78. The summed E-state index contributed by atoms with van der Waals surface area (Å²) in [5.41, 5.74) is 2.30. The minimum Gasteiger partial charge on any atom is -0.335 e. The van der Waals surface area contributed by atoms with Crippen molar-refractivity contribution in [2.75, 3.05) is 12.4 Å². The summed E-state index contributed by atoms with van der Waals surface area (Å²) in [6, 6.07) is 20.0. The molecule has 3 aromatic carbocycles. The molecule has 3 aromatic rings. The maximum absolute atomic E-state index is 13.6. The summed E-state index contributed by atoms with van der Waals surface area (Å²) in [5.74, 6) is -0.977. The monoisotopic (exact) mass is 454 g/mol. The van der Waals surface area contributed by atoms with Crippen LogP contribution in [0.3, 0.4) is 0 Å². The first kappa shape index (κ1) is 20.7. The van der Waals surface area contributed by atoms with Gasteiger partial charge in [-0.2, -0.15) is 0 Å². The summed E-state index contributed by atoms with van der Waals surface area (Å²) < 4.78 is 14.1. The van der Waals surface area contributed by atoms with E-state index in [1.807, 2.05) is 31.2 Å². The zero-order valence-electron chi connectivity index (χ0n) is 16.0. The number of rotatable bonds is 5. The highest BCUT2D eigenvalue weighted by Crippen LogP contribution is 2.26. The molecule has 0 aliphatic heterocycles. The molecule has 0 spiro atoms. The Kier molecular flexibility index (Phi) is 6.44. The molecule has 0 radical (unpaired) electrons. The first-order chi connectivity index (χ1) is 13.9. The number of carbonyl (C=O) groups excluding carboxylic acids is 2. The van der Waals surface area contributed by atoms with Crippen molar-refractivity contribution >= 4 is 33.4 Å². The summed E-state index contributed by atoms with van der Waals surface area (Å²) in [6.07, 6.45) is 0. The van der Waals surface area contributed by atoms with Crippen LogP contribution in [0.2, 0.25) is 0 Å². The van der Waals surface area contributed by atoms with E-state index in [4.69, 9.17) is 0 Å². The van der Waals surface area contributed by atoms with Crippen molar-refractivity contribution in [2.45, 2.75) is 13.0 Å². The molecule has 1 atom stereocenters. The highest BCUT2D eigenvalue weighted by atomic mass is 79.9. The third-order valence-corrected chi connectivity index (χ3v) is 5.41. The Morgan fingerprint density at radius 1 is 1.00 bits per heavy atom. The molecule has 6 heteroatoms. The standard InChI is InChI=1S/C23H20BrFN2O2/c1-15(27(2)23(29)20-14-18(25)11-12-21(20)24)17-9-6-10-19(13-17)26-22(28)16-7-4-3-5-8-16/h3-15H,1-2H3,(H,26,28). The number of carbonyl (C=O) groups is 2. The van der Waals surface area contributed by atoms with E-state index in [2.05, 4.69) is 21.2 Å². The highest BCUT2D eigenvalue weighted by Gasteiger charge is 2.21. The summed E-state index contributed by atoms with van der Waals surface area (Å²) in [7, 11) is 1.67. The van der Waals surface area contributed by atoms with Gasteiger partial charge in [-0.3, -0.25) is 9.59 Å². The van der Waals surface area contributed by atoms with Gasteiger partial charge in [0.25, 0.3) is 11.8 Å². The average Bonchev–Trinajstić information content (AvgIpc) is 2.74. The second-order valence-electron chi connectivity index (χ2n) is 6.66. The number of anilines is 1. The number of amides is 2. The van der Waals surface area contributed by atoms with Crippen LogP contribution in [-0.4, -0.2) is 23.8 Å². The molecule has 0 aromatic heterocycles. The lowest BCUT2D eigenvalue weighted by molar-refractivity contribution is 0.0741. The van der Waals surface area contributed by atoms with Gasteiger partial charge in [-0.05, 0) is 70.9 Å². The minimum atomic E-state index is -0.469. The van der Waals surface area contributed by atoms with Gasteiger partial charge in [-0.15, -0.1) is 0 Å². The summed E-state index contributed by atoms with van der Waals surface area (Å²) >= 11 is 3.30. The van der Waals surface area contributed by atoms with Crippen molar-refractivity contribution in [2.24, 2.45) is 0 Å². The van der Waals surface area contributed by atoms with Gasteiger partial charge in [0, 0.05) is 22.8 Å². The van der Waals surface area contributed by atoms with Gasteiger partial charge in [0.2, 0.25) is 0 Å². The largest absolute Gasteiger partial charge is 0.335 e. The molecule has 29 heavy (non-hydrogen) atoms. The van der Waals surface area contributed by atoms with Gasteiger partial charge in [0.15, 0.2) is 0 Å². The molecule has 1 N–H and O–H groups in total. The van der Waals surface area contributed by atoms with Crippen LogP contribution in [0.4, 0.5) is 10.1 Å². The summed E-state index contributed by atoms with van der Waals surface area (Å²) in [6.45, 7) is 1.88. The van der Waals surface area contributed by atoms with Gasteiger partial charge >= 0.3 is 0 Å². The fraction of sp³-hybridized carbons (Fsp3) is 0.130. The van der Waals surface area contributed by atoms with E-state index in [0.29, 0.717) is 15.7 Å². The fourth-order valence-corrected chi connectivity index (χ4v) is 3.34. The molecule has 3 rings (SSSR count). The molecule has 0 aliphatic rings. The van der Waals surface area contributed by atoms with Crippen molar-refractivity contribution in [3.8, 4) is 0 Å². The Morgan fingerprint density at radius 2 is 1.72 bits per heavy atom. The number of nitrogens with zero attached hydrogens (tertiary/aromatic N) is 1. The van der Waals surface area contributed by atoms with Crippen LogP contribution in [0.5, 0.6) is 0 Å². The van der Waals surface area contributed by atoms with E-state index in [9.17, 15) is 14.0 Å². The smallest absolute Gasteiger partial charge is 0.255 e. The van der Waals surface area contributed by atoms with Crippen molar-refractivity contribution in [3.63, 3.8) is 0 Å². The Bertz CT molecular complexity index is 1040. The molecule has 0 heterocycles. The van der Waals surface area contributed by atoms with E-state index in [1.54, 1.807) is 37.4 Å². The molecule has 2 amide bonds. The molecule has 0 fully saturated rings. The van der Waals surface area contributed by atoms with Gasteiger partial charge in [-0.1, -0.05) is 30.3 Å². The predicted molar refractivity (Wildman–Crippen MR) is 115 cm³/mol. The third kappa shape index (κ3) is 4.90. The molecule has 0 bridgehead atoms. The van der Waals surface area contributed by atoms with Crippen LogP contribution >= 0.6 is 15.9 Å². The number of benzene rings is 3. The molecule has 148 valence electrons. The lowest BCUT2D eigenvalue weighted by atomic mass is 10.0. The molecule has 0 aliphatic carbocycles. The lowest BCUT2D eigenvalue weighted by Gasteiger charge is -2.26. The first-order valence-corrected chi connectivity index (χ1v) is 9.84. The highest BCUT2D eigenvalue weighted by molar-refractivity contribution is 9.10. The molecular formula is C23H20BrFN2O2. The fourth-order valence-electron chi connectivity index (χ4n) is 2.92. The third-order valence-electron chi connectivity index (χ3n) is 4.72. The maximum atomic E-state index is 13.6. The molecule has 0 saturated heterocycles. The van der Waals surface area contributed by atoms with Crippen molar-refractivity contribution in [3.05, 3.63) is 99.8 Å². The second-order valence-corrected chi connectivity index (χ2v) is 7.52. The van der Waals surface area contributed by atoms with E-state index in [1.165, 1.54) is 23.1 Å². The summed E-state index contributed by atoms with van der Waals surface area (Å²) in [5, 5.41) is 2.87. The van der Waals surface area contributed by atoms with Gasteiger partial charge in [0.05, 0.1) is 11.6 Å². The van der Waals surface area contributed by atoms with Crippen LogP contribution in [-0.2, 0) is 0 Å². The lowest BCUT2D eigenvalue weighted by Crippen LogP contribution is -2.30. The topological polar surface area (TPSA) is 49.4 Å². The van der Waals surface area contributed by atoms with Crippen LogP contribution in [0.15, 0.2) is 77.3 Å². The molecule has 1 unspecified atom stereocenters. The van der Waals surface area contributed by atoms with E-state index < -0.39 is 5.82 Å². The van der Waals surface area contributed by atoms with E-state index >= 15 is 0 Å². The second kappa shape index (κ2) is 9.01. The Morgan fingerprint density at radius 3 is 2.45 bits per heavy atom. The van der Waals surface area contributed by atoms with Gasteiger partial charge in [0.1, 0.15) is 5.82 Å². The zero-order valence-corrected chi connectivity index (χ0v) is 17.6. The van der Waals surface area contributed by atoms with Gasteiger partial charge in [-0.25, -0.2) is 4.39 Å². The van der Waals surface area contributed by atoms with Crippen molar-refractivity contribution < 1.29 is 14.0 Å². The molecule has 4 nitrogen and oxygen atoms in total. The van der Waals surface area contributed by atoms with Crippen LogP contribution in [0.25, 0.3) is 0 Å². The quantitative estimate of drug-likeness (QED) is 0.539. The molecular weight excluding hydrogens is 435 g/mol. The van der Waals surface area contributed by atoms with Crippen LogP contribution in [0, 0.1) is 5.82 Å². The van der Waals surface area contributed by atoms with Crippen LogP contribution in [0.1, 0.15) is 39.2 Å². The van der Waals surface area contributed by atoms with E-state index in [0.717, 1.165) is 5.56 Å². The number of hydrogen-bond donors (Lipinski definition) is 1. The minimum absolute atomic E-state index is 0.205. The normalized spacial score (nSPS) is 11.6. The SMILES string of the molecule is CC(c1cccc(NC(=O)c2ccccc2)c1)N(C)C(=O)c1cc(F)ccc1Br. The molecule has 0 saturated carbocycles. The predicted octanol–water partition coefficient (Wildman–Crippen LogP) is 5.67. The van der Waals surface area contributed by atoms with Crippen molar-refractivity contribution in [1.82, 2.24) is 4.90 Å². The van der Waals surface area contributed by atoms with E-state index in [-0.39, 0.29) is 23.4 Å².